The standard InChI is InChI=1S/C37H23Cl3N2O3S/c38-22-11-5-19(6-12-22)30-32-27(25-3-1-2-4-26(25)36(32)45)17-28(43)33(30)34-31(20-7-13-23(39)14-8-20)35(21-9-15-24(40)16-10-21)42-29(44)18-46-37(42)41-34/h1-16,30,33,35H,17-18H2. The lowest BCUT2D eigenvalue weighted by Crippen LogP contribution is -2.40. The predicted molar refractivity (Wildman–Crippen MR) is 184 cm³/mol. The number of benzene rings is 4. The average Bonchev–Trinajstić information content (AvgIpc) is 3.57. The number of hydrogen-bond acceptors (Lipinski definition) is 5. The Kier molecular flexibility index (Phi) is 7.29. The van der Waals surface area contributed by atoms with E-state index in [0.29, 0.717) is 42.6 Å². The van der Waals surface area contributed by atoms with Crippen LogP contribution in [0.3, 0.4) is 0 Å². The van der Waals surface area contributed by atoms with Gasteiger partial charge in [0.05, 0.1) is 23.4 Å². The summed E-state index contributed by atoms with van der Waals surface area (Å²) in [5.41, 5.74) is 6.41. The highest BCUT2D eigenvalue weighted by atomic mass is 35.5. The van der Waals surface area contributed by atoms with E-state index in [0.717, 1.165) is 27.8 Å². The highest BCUT2D eigenvalue weighted by Crippen LogP contribution is 2.55. The van der Waals surface area contributed by atoms with Crippen LogP contribution in [0.4, 0.5) is 0 Å². The van der Waals surface area contributed by atoms with Crippen LogP contribution in [0.25, 0.3) is 11.1 Å². The third-order valence-electron chi connectivity index (χ3n) is 9.10. The van der Waals surface area contributed by atoms with Crippen molar-refractivity contribution < 1.29 is 14.4 Å². The zero-order chi connectivity index (χ0) is 31.7. The summed E-state index contributed by atoms with van der Waals surface area (Å²) in [6.45, 7) is 0. The van der Waals surface area contributed by atoms with Gasteiger partial charge in [-0.1, -0.05) is 107 Å². The van der Waals surface area contributed by atoms with Gasteiger partial charge >= 0.3 is 0 Å². The Morgan fingerprint density at radius 1 is 0.674 bits per heavy atom. The number of rotatable bonds is 4. The quantitative estimate of drug-likeness (QED) is 0.216. The average molecular weight is 682 g/mol. The van der Waals surface area contributed by atoms with Crippen molar-refractivity contribution in [3.63, 3.8) is 0 Å². The molecule has 3 atom stereocenters. The normalized spacial score (nSPS) is 22.2. The van der Waals surface area contributed by atoms with Crippen LogP contribution < -0.4 is 0 Å². The number of carbonyl (C=O) groups is 3. The van der Waals surface area contributed by atoms with Crippen LogP contribution in [0.15, 0.2) is 113 Å². The molecular formula is C37H23Cl3N2O3S. The van der Waals surface area contributed by atoms with Gasteiger partial charge in [-0.25, -0.2) is 4.99 Å². The second kappa shape index (κ2) is 11.4. The lowest BCUT2D eigenvalue weighted by atomic mass is 9.68. The van der Waals surface area contributed by atoms with Crippen LogP contribution in [0.1, 0.15) is 51.0 Å². The number of carbonyl (C=O) groups excluding carboxylic acids is 3. The van der Waals surface area contributed by atoms with E-state index in [1.54, 1.807) is 41.3 Å². The Balaban J connectivity index is 1.43. The number of ketones is 2. The van der Waals surface area contributed by atoms with Crippen LogP contribution in [0.2, 0.25) is 15.1 Å². The van der Waals surface area contributed by atoms with Crippen LogP contribution in [0.5, 0.6) is 0 Å². The first-order chi connectivity index (χ1) is 22.3. The molecule has 3 unspecified atom stereocenters. The maximum absolute atomic E-state index is 14.7. The van der Waals surface area contributed by atoms with Gasteiger partial charge in [0, 0.05) is 44.1 Å². The van der Waals surface area contributed by atoms with E-state index in [-0.39, 0.29) is 29.6 Å². The van der Waals surface area contributed by atoms with Crippen molar-refractivity contribution in [2.75, 3.05) is 5.75 Å². The Labute approximate surface area is 284 Å². The smallest absolute Gasteiger partial charge is 0.239 e. The minimum absolute atomic E-state index is 0.0494. The first-order valence-electron chi connectivity index (χ1n) is 14.7. The van der Waals surface area contributed by atoms with Crippen molar-refractivity contribution in [3.8, 4) is 0 Å². The maximum atomic E-state index is 14.7. The molecule has 8 rings (SSSR count). The molecule has 0 radical (unpaired) electrons. The largest absolute Gasteiger partial charge is 0.299 e. The first kappa shape index (κ1) is 29.5. The van der Waals surface area contributed by atoms with E-state index < -0.39 is 17.9 Å². The van der Waals surface area contributed by atoms with Crippen LogP contribution in [-0.4, -0.2) is 33.3 Å². The number of amides is 1. The summed E-state index contributed by atoms with van der Waals surface area (Å²) in [5.74, 6) is -1.43. The molecule has 0 N–H and O–H groups in total. The minimum atomic E-state index is -0.815. The minimum Gasteiger partial charge on any atom is -0.299 e. The fraction of sp³-hybridized carbons (Fsp3) is 0.135. The van der Waals surface area contributed by atoms with Crippen LogP contribution >= 0.6 is 46.6 Å². The molecule has 0 bridgehead atoms. The summed E-state index contributed by atoms with van der Waals surface area (Å²) in [4.78, 5) is 49.3. The summed E-state index contributed by atoms with van der Waals surface area (Å²) in [5, 5.41) is 2.20. The Morgan fingerprint density at radius 2 is 1.26 bits per heavy atom. The van der Waals surface area contributed by atoms with Gasteiger partial charge < -0.3 is 0 Å². The number of fused-ring (bicyclic) bond motifs is 3. The monoisotopic (exact) mass is 680 g/mol. The van der Waals surface area contributed by atoms with Crippen molar-refractivity contribution in [1.29, 1.82) is 0 Å². The molecular weight excluding hydrogens is 659 g/mol. The maximum Gasteiger partial charge on any atom is 0.239 e. The lowest BCUT2D eigenvalue weighted by molar-refractivity contribution is -0.125. The molecule has 2 aliphatic carbocycles. The number of Topliss-reactive ketones (excluding diaryl/α,β-unsaturated/α-hetero) is 2. The number of aliphatic imine (C=N–C) groups is 1. The van der Waals surface area contributed by atoms with Crippen molar-refractivity contribution in [3.05, 3.63) is 151 Å². The lowest BCUT2D eigenvalue weighted by Gasteiger charge is -2.39. The van der Waals surface area contributed by atoms with Crippen LogP contribution in [-0.2, 0) is 9.59 Å². The summed E-state index contributed by atoms with van der Waals surface area (Å²) in [6, 6.07) is 29.0. The zero-order valence-electron chi connectivity index (χ0n) is 24.0. The molecule has 1 fully saturated rings. The van der Waals surface area contributed by atoms with Crippen molar-refractivity contribution in [2.45, 2.75) is 18.4 Å². The van der Waals surface area contributed by atoms with E-state index in [2.05, 4.69) is 0 Å². The highest BCUT2D eigenvalue weighted by molar-refractivity contribution is 8.15. The molecule has 46 heavy (non-hydrogen) atoms. The van der Waals surface area contributed by atoms with Crippen molar-refractivity contribution in [1.82, 2.24) is 4.90 Å². The van der Waals surface area contributed by atoms with Crippen molar-refractivity contribution in [2.24, 2.45) is 10.9 Å². The van der Waals surface area contributed by atoms with Gasteiger partial charge in [-0.3, -0.25) is 19.3 Å². The summed E-state index contributed by atoms with van der Waals surface area (Å²) >= 11 is 20.3. The van der Waals surface area contributed by atoms with Gasteiger partial charge in [0.15, 0.2) is 11.0 Å². The van der Waals surface area contributed by atoms with Gasteiger partial charge in [-0.2, -0.15) is 0 Å². The molecule has 0 aromatic heterocycles. The van der Waals surface area contributed by atoms with Gasteiger partial charge in [0.1, 0.15) is 5.78 Å². The summed E-state index contributed by atoms with van der Waals surface area (Å²) < 4.78 is 0. The topological polar surface area (TPSA) is 66.8 Å². The third-order valence-corrected chi connectivity index (χ3v) is 10.8. The van der Waals surface area contributed by atoms with Gasteiger partial charge in [0.25, 0.3) is 0 Å². The second-order valence-electron chi connectivity index (χ2n) is 11.6. The fourth-order valence-electron chi connectivity index (χ4n) is 7.15. The molecule has 4 aromatic rings. The number of allylic oxidation sites excluding steroid dienone is 3. The molecule has 2 aliphatic heterocycles. The summed E-state index contributed by atoms with van der Waals surface area (Å²) in [6.07, 6.45) is 0.0937. The molecule has 1 saturated heterocycles. The number of halogens is 3. The Morgan fingerprint density at radius 3 is 1.91 bits per heavy atom. The van der Waals surface area contributed by atoms with Gasteiger partial charge in [0.2, 0.25) is 5.91 Å². The third kappa shape index (κ3) is 4.70. The van der Waals surface area contributed by atoms with Crippen molar-refractivity contribution >= 4 is 80.4 Å². The number of amidine groups is 1. The van der Waals surface area contributed by atoms with Gasteiger partial charge in [-0.15, -0.1) is 0 Å². The van der Waals surface area contributed by atoms with E-state index in [9.17, 15) is 14.4 Å². The molecule has 1 amide bonds. The zero-order valence-corrected chi connectivity index (χ0v) is 27.1. The molecule has 226 valence electrons. The number of hydrogen-bond donors (Lipinski definition) is 0. The van der Waals surface area contributed by atoms with E-state index in [4.69, 9.17) is 39.8 Å². The summed E-state index contributed by atoms with van der Waals surface area (Å²) in [7, 11) is 0. The Hall–Kier alpha value is -3.94. The highest BCUT2D eigenvalue weighted by Gasteiger charge is 2.50. The van der Waals surface area contributed by atoms with E-state index in [1.165, 1.54) is 11.8 Å². The SMILES string of the molecule is O=C1C2=C(CC(=O)C(C3=C(c4ccc(Cl)cc4)C(c4ccc(Cl)cc4)N4C(=O)CSC4=N3)C2c2ccc(Cl)cc2)c2ccccc21. The fourth-order valence-corrected chi connectivity index (χ4v) is 8.42. The van der Waals surface area contributed by atoms with Crippen LogP contribution in [0, 0.1) is 5.92 Å². The first-order valence-corrected chi connectivity index (χ1v) is 16.9. The molecule has 4 aliphatic rings. The molecule has 0 saturated carbocycles. The van der Waals surface area contributed by atoms with E-state index in [1.807, 2.05) is 60.7 Å². The van der Waals surface area contributed by atoms with Gasteiger partial charge in [-0.05, 0) is 64.2 Å². The molecule has 0 spiro atoms. The predicted octanol–water partition coefficient (Wildman–Crippen LogP) is 9.07. The number of thioether (sulfide) groups is 1. The molecule has 5 nitrogen and oxygen atoms in total. The second-order valence-corrected chi connectivity index (χ2v) is 13.9. The molecule has 9 heteroatoms. The molecule has 2 heterocycles. The molecule has 4 aromatic carbocycles. The Bertz CT molecular complexity index is 2070. The van der Waals surface area contributed by atoms with E-state index >= 15 is 0 Å². The number of nitrogens with zero attached hydrogens (tertiary/aromatic N) is 2.